The molecule has 2 fully saturated rings. The number of nitrogens with zero attached hydrogens (tertiary/aromatic N) is 2. The number of hydrogen-bond donors (Lipinski definition) is 1. The summed E-state index contributed by atoms with van der Waals surface area (Å²) in [6.45, 7) is 6.70. The highest BCUT2D eigenvalue weighted by molar-refractivity contribution is 6.34. The molecule has 6 nitrogen and oxygen atoms in total. The third-order valence-electron chi connectivity index (χ3n) is 4.96. The Kier molecular flexibility index (Phi) is 6.59. The average Bonchev–Trinajstić information content (AvgIpc) is 3.07. The number of anilines is 1. The summed E-state index contributed by atoms with van der Waals surface area (Å²) < 4.78 is 11.7. The van der Waals surface area contributed by atoms with E-state index in [4.69, 9.17) is 21.1 Å². The van der Waals surface area contributed by atoms with Crippen LogP contribution in [-0.2, 0) is 9.53 Å². The van der Waals surface area contributed by atoms with Crippen LogP contribution in [0.2, 0.25) is 5.02 Å². The topological polar surface area (TPSA) is 63.7 Å². The van der Waals surface area contributed by atoms with Gasteiger partial charge in [0.05, 0.1) is 25.0 Å². The molecule has 1 aromatic rings. The Hall–Kier alpha value is -1.53. The van der Waals surface area contributed by atoms with Gasteiger partial charge in [-0.05, 0) is 44.6 Å². The monoisotopic (exact) mass is 381 g/mol. The van der Waals surface area contributed by atoms with Crippen molar-refractivity contribution in [3.8, 4) is 5.88 Å². The van der Waals surface area contributed by atoms with E-state index in [1.54, 1.807) is 6.20 Å². The van der Waals surface area contributed by atoms with Crippen molar-refractivity contribution in [1.82, 2.24) is 10.3 Å². The van der Waals surface area contributed by atoms with E-state index < -0.39 is 0 Å². The molecule has 0 spiro atoms. The number of aromatic nitrogens is 1. The van der Waals surface area contributed by atoms with Crippen LogP contribution in [0, 0.1) is 5.92 Å². The largest absolute Gasteiger partial charge is 0.476 e. The van der Waals surface area contributed by atoms with E-state index in [0.717, 1.165) is 31.6 Å². The van der Waals surface area contributed by atoms with Gasteiger partial charge in [-0.1, -0.05) is 11.6 Å². The van der Waals surface area contributed by atoms with Crippen LogP contribution >= 0.6 is 11.6 Å². The average molecular weight is 382 g/mol. The molecule has 2 aliphatic rings. The van der Waals surface area contributed by atoms with Gasteiger partial charge >= 0.3 is 0 Å². The SMILES string of the molecule is CC(=O)N[C@@H](C)CO[C@H]1C[C@H](COc2nccc(N3CCCC3)c2Cl)C1. The first-order valence-electron chi connectivity index (χ1n) is 9.44. The first kappa shape index (κ1) is 19.2. The molecule has 144 valence electrons. The molecule has 1 saturated carbocycles. The fourth-order valence-corrected chi connectivity index (χ4v) is 3.82. The van der Waals surface area contributed by atoms with E-state index in [0.29, 0.717) is 30.0 Å². The second-order valence-electron chi connectivity index (χ2n) is 7.35. The predicted molar refractivity (Wildman–Crippen MR) is 102 cm³/mol. The molecule has 3 rings (SSSR count). The zero-order valence-corrected chi connectivity index (χ0v) is 16.3. The lowest BCUT2D eigenvalue weighted by atomic mass is 9.83. The number of carbonyl (C=O) groups excluding carboxylic acids is 1. The smallest absolute Gasteiger partial charge is 0.234 e. The van der Waals surface area contributed by atoms with Crippen molar-refractivity contribution >= 4 is 23.2 Å². The van der Waals surface area contributed by atoms with E-state index in [-0.39, 0.29) is 18.1 Å². The molecular formula is C19H28ClN3O3. The van der Waals surface area contributed by atoms with Gasteiger partial charge in [0.25, 0.3) is 0 Å². The first-order chi connectivity index (χ1) is 12.5. The van der Waals surface area contributed by atoms with Crippen LogP contribution in [0.25, 0.3) is 0 Å². The van der Waals surface area contributed by atoms with Crippen molar-refractivity contribution in [3.05, 3.63) is 17.3 Å². The molecule has 0 unspecified atom stereocenters. The molecular weight excluding hydrogens is 354 g/mol. The van der Waals surface area contributed by atoms with E-state index in [1.165, 1.54) is 19.8 Å². The van der Waals surface area contributed by atoms with Crippen LogP contribution < -0.4 is 15.0 Å². The Morgan fingerprint density at radius 1 is 1.42 bits per heavy atom. The summed E-state index contributed by atoms with van der Waals surface area (Å²) in [5, 5.41) is 3.44. The van der Waals surface area contributed by atoms with Gasteiger partial charge in [-0.15, -0.1) is 0 Å². The Labute approximate surface area is 160 Å². The van der Waals surface area contributed by atoms with E-state index in [9.17, 15) is 4.79 Å². The van der Waals surface area contributed by atoms with E-state index in [1.807, 2.05) is 13.0 Å². The van der Waals surface area contributed by atoms with E-state index >= 15 is 0 Å². The fourth-order valence-electron chi connectivity index (χ4n) is 3.53. The summed E-state index contributed by atoms with van der Waals surface area (Å²) >= 11 is 6.50. The molecule has 7 heteroatoms. The number of halogens is 1. The van der Waals surface area contributed by atoms with Crippen LogP contribution in [0.4, 0.5) is 5.69 Å². The second kappa shape index (κ2) is 8.91. The van der Waals surface area contributed by atoms with Gasteiger partial charge < -0.3 is 19.7 Å². The second-order valence-corrected chi connectivity index (χ2v) is 7.73. The number of amides is 1. The normalized spacial score (nSPS) is 23.4. The highest BCUT2D eigenvalue weighted by Crippen LogP contribution is 2.36. The molecule has 0 bridgehead atoms. The van der Waals surface area contributed by atoms with Gasteiger partial charge in [0, 0.05) is 32.3 Å². The Morgan fingerprint density at radius 2 is 2.15 bits per heavy atom. The molecule has 1 saturated heterocycles. The number of hydrogen-bond acceptors (Lipinski definition) is 5. The van der Waals surface area contributed by atoms with Gasteiger partial charge in [0.2, 0.25) is 11.8 Å². The molecule has 1 aromatic heterocycles. The number of nitrogens with one attached hydrogen (secondary N) is 1. The van der Waals surface area contributed by atoms with Crippen LogP contribution in [-0.4, -0.2) is 49.3 Å². The lowest BCUT2D eigenvalue weighted by Crippen LogP contribution is -2.40. The van der Waals surface area contributed by atoms with Crippen LogP contribution in [0.15, 0.2) is 12.3 Å². The highest BCUT2D eigenvalue weighted by atomic mass is 35.5. The van der Waals surface area contributed by atoms with Crippen molar-refractivity contribution in [1.29, 1.82) is 0 Å². The highest BCUT2D eigenvalue weighted by Gasteiger charge is 2.31. The lowest BCUT2D eigenvalue weighted by Gasteiger charge is -2.35. The summed E-state index contributed by atoms with van der Waals surface area (Å²) in [5.41, 5.74) is 1.02. The van der Waals surface area contributed by atoms with Crippen LogP contribution in [0.3, 0.4) is 0 Å². The van der Waals surface area contributed by atoms with Gasteiger partial charge in [0.15, 0.2) is 0 Å². The maximum Gasteiger partial charge on any atom is 0.234 e. The van der Waals surface area contributed by atoms with Crippen molar-refractivity contribution in [3.63, 3.8) is 0 Å². The molecule has 26 heavy (non-hydrogen) atoms. The molecule has 1 atom stereocenters. The molecule has 1 aliphatic carbocycles. The molecule has 0 aromatic carbocycles. The van der Waals surface area contributed by atoms with Crippen molar-refractivity contribution in [2.24, 2.45) is 5.92 Å². The van der Waals surface area contributed by atoms with Crippen LogP contribution in [0.1, 0.15) is 39.5 Å². The number of pyridine rings is 1. The Balaban J connectivity index is 1.39. The summed E-state index contributed by atoms with van der Waals surface area (Å²) in [5.74, 6) is 0.964. The van der Waals surface area contributed by atoms with Crippen molar-refractivity contribution in [2.45, 2.75) is 51.7 Å². The summed E-state index contributed by atoms with van der Waals surface area (Å²) in [7, 11) is 0. The maximum absolute atomic E-state index is 11.0. The summed E-state index contributed by atoms with van der Waals surface area (Å²) in [4.78, 5) is 17.6. The first-order valence-corrected chi connectivity index (χ1v) is 9.81. The number of ether oxygens (including phenoxy) is 2. The quantitative estimate of drug-likeness (QED) is 0.749. The Bertz CT molecular complexity index is 616. The third kappa shape index (κ3) is 5.01. The van der Waals surface area contributed by atoms with Gasteiger partial charge in [0.1, 0.15) is 5.02 Å². The molecule has 2 heterocycles. The zero-order valence-electron chi connectivity index (χ0n) is 15.5. The number of rotatable bonds is 8. The predicted octanol–water partition coefficient (Wildman–Crippen LogP) is 3.03. The Morgan fingerprint density at radius 3 is 2.85 bits per heavy atom. The maximum atomic E-state index is 11.0. The third-order valence-corrected chi connectivity index (χ3v) is 5.32. The van der Waals surface area contributed by atoms with Gasteiger partial charge in [-0.3, -0.25) is 4.79 Å². The summed E-state index contributed by atoms with van der Waals surface area (Å²) in [6, 6.07) is 2.00. The molecule has 1 amide bonds. The van der Waals surface area contributed by atoms with Gasteiger partial charge in [-0.2, -0.15) is 0 Å². The number of carbonyl (C=O) groups is 1. The van der Waals surface area contributed by atoms with Crippen LogP contribution in [0.5, 0.6) is 5.88 Å². The minimum Gasteiger partial charge on any atom is -0.476 e. The van der Waals surface area contributed by atoms with Crippen molar-refractivity contribution in [2.75, 3.05) is 31.2 Å². The summed E-state index contributed by atoms with van der Waals surface area (Å²) in [6.07, 6.45) is 6.37. The zero-order chi connectivity index (χ0) is 18.5. The molecule has 1 aliphatic heterocycles. The molecule has 1 N–H and O–H groups in total. The molecule has 0 radical (unpaired) electrons. The lowest BCUT2D eigenvalue weighted by molar-refractivity contribution is -0.120. The minimum atomic E-state index is -0.0264. The minimum absolute atomic E-state index is 0.0264. The van der Waals surface area contributed by atoms with Crippen molar-refractivity contribution < 1.29 is 14.3 Å². The fraction of sp³-hybridized carbons (Fsp3) is 0.684. The standard InChI is InChI=1S/C19H28ClN3O3/c1-13(22-14(2)24)11-25-16-9-15(10-16)12-26-19-18(20)17(5-6-21-19)23-7-3-4-8-23/h5-6,13,15-16H,3-4,7-12H2,1-2H3,(H,22,24)/t13-,15-,16-/m0/s1. The van der Waals surface area contributed by atoms with E-state index in [2.05, 4.69) is 15.2 Å². The van der Waals surface area contributed by atoms with Gasteiger partial charge in [-0.25, -0.2) is 4.98 Å².